The molecule has 0 saturated carbocycles. The van der Waals surface area contributed by atoms with Crippen LogP contribution in [-0.2, 0) is 13.0 Å². The summed E-state index contributed by atoms with van der Waals surface area (Å²) < 4.78 is 1.95. The second-order valence-electron chi connectivity index (χ2n) is 5.47. The predicted molar refractivity (Wildman–Crippen MR) is 80.1 cm³/mol. The zero-order valence-corrected chi connectivity index (χ0v) is 11.9. The SMILES string of the molecule is CCn1cc(C(NN)C2CCCc3ccccc32)cn1. The summed E-state index contributed by atoms with van der Waals surface area (Å²) in [5, 5.41) is 4.38. The fourth-order valence-corrected chi connectivity index (χ4v) is 3.30. The van der Waals surface area contributed by atoms with Gasteiger partial charge in [0.2, 0.25) is 0 Å². The van der Waals surface area contributed by atoms with Crippen molar-refractivity contribution in [1.29, 1.82) is 0 Å². The van der Waals surface area contributed by atoms with Crippen LogP contribution in [0, 0.1) is 0 Å². The molecule has 4 nitrogen and oxygen atoms in total. The van der Waals surface area contributed by atoms with Gasteiger partial charge in [-0.2, -0.15) is 5.10 Å². The van der Waals surface area contributed by atoms with Crippen molar-refractivity contribution in [2.75, 3.05) is 0 Å². The van der Waals surface area contributed by atoms with Crippen LogP contribution >= 0.6 is 0 Å². The molecule has 20 heavy (non-hydrogen) atoms. The smallest absolute Gasteiger partial charge is 0.0559 e. The van der Waals surface area contributed by atoms with Crippen molar-refractivity contribution in [3.05, 3.63) is 53.3 Å². The van der Waals surface area contributed by atoms with E-state index in [0.29, 0.717) is 5.92 Å². The lowest BCUT2D eigenvalue weighted by atomic mass is 9.77. The molecule has 0 bridgehead atoms. The van der Waals surface area contributed by atoms with Gasteiger partial charge in [-0.25, -0.2) is 0 Å². The van der Waals surface area contributed by atoms with E-state index in [2.05, 4.69) is 47.9 Å². The maximum Gasteiger partial charge on any atom is 0.0559 e. The molecule has 2 aromatic rings. The van der Waals surface area contributed by atoms with Crippen LogP contribution in [0.3, 0.4) is 0 Å². The van der Waals surface area contributed by atoms with Crippen molar-refractivity contribution in [3.8, 4) is 0 Å². The summed E-state index contributed by atoms with van der Waals surface area (Å²) in [5.41, 5.74) is 7.09. The first-order valence-electron chi connectivity index (χ1n) is 7.39. The van der Waals surface area contributed by atoms with Gasteiger partial charge < -0.3 is 0 Å². The minimum Gasteiger partial charge on any atom is -0.273 e. The Hall–Kier alpha value is -1.65. The molecule has 1 aliphatic carbocycles. The summed E-state index contributed by atoms with van der Waals surface area (Å²) in [6.07, 6.45) is 7.61. The molecule has 1 aromatic carbocycles. The lowest BCUT2D eigenvalue weighted by Gasteiger charge is -2.31. The normalized spacial score (nSPS) is 19.6. The van der Waals surface area contributed by atoms with Crippen molar-refractivity contribution in [1.82, 2.24) is 15.2 Å². The molecule has 3 N–H and O–H groups in total. The highest BCUT2D eigenvalue weighted by Gasteiger charge is 2.28. The van der Waals surface area contributed by atoms with Gasteiger partial charge in [-0.3, -0.25) is 16.0 Å². The average molecular weight is 270 g/mol. The standard InChI is InChI=1S/C16H22N4/c1-2-20-11-13(10-18-20)16(19-17)15-9-5-7-12-6-3-4-8-14(12)15/h3-4,6,8,10-11,15-16,19H,2,5,7,9,17H2,1H3. The zero-order chi connectivity index (χ0) is 13.9. The molecule has 106 valence electrons. The highest BCUT2D eigenvalue weighted by molar-refractivity contribution is 5.35. The number of hydrogen-bond donors (Lipinski definition) is 2. The molecule has 0 amide bonds. The lowest BCUT2D eigenvalue weighted by Crippen LogP contribution is -2.33. The van der Waals surface area contributed by atoms with Gasteiger partial charge in [0.05, 0.1) is 12.2 Å². The topological polar surface area (TPSA) is 55.9 Å². The minimum atomic E-state index is 0.136. The molecule has 4 heteroatoms. The molecular formula is C16H22N4. The van der Waals surface area contributed by atoms with E-state index >= 15 is 0 Å². The molecule has 0 aliphatic heterocycles. The second kappa shape index (κ2) is 5.77. The van der Waals surface area contributed by atoms with E-state index < -0.39 is 0 Å². The monoisotopic (exact) mass is 270 g/mol. The zero-order valence-electron chi connectivity index (χ0n) is 11.9. The summed E-state index contributed by atoms with van der Waals surface area (Å²) in [4.78, 5) is 0. The minimum absolute atomic E-state index is 0.136. The third-order valence-corrected chi connectivity index (χ3v) is 4.33. The Morgan fingerprint density at radius 1 is 1.45 bits per heavy atom. The van der Waals surface area contributed by atoms with Crippen LogP contribution in [0.15, 0.2) is 36.7 Å². The Bertz CT molecular complexity index is 575. The fourth-order valence-electron chi connectivity index (χ4n) is 3.30. The number of aromatic nitrogens is 2. The molecule has 1 aliphatic rings. The number of hydrazine groups is 1. The first-order chi connectivity index (χ1) is 9.83. The average Bonchev–Trinajstić information content (AvgIpc) is 2.97. The molecule has 0 fully saturated rings. The van der Waals surface area contributed by atoms with Gasteiger partial charge in [0.25, 0.3) is 0 Å². The number of hydrogen-bond acceptors (Lipinski definition) is 3. The van der Waals surface area contributed by atoms with Crippen LogP contribution in [0.5, 0.6) is 0 Å². The highest BCUT2D eigenvalue weighted by atomic mass is 15.3. The summed E-state index contributed by atoms with van der Waals surface area (Å²) >= 11 is 0. The van der Waals surface area contributed by atoms with Gasteiger partial charge in [-0.15, -0.1) is 0 Å². The van der Waals surface area contributed by atoms with Gasteiger partial charge in [-0.05, 0) is 37.3 Å². The highest BCUT2D eigenvalue weighted by Crippen LogP contribution is 2.39. The lowest BCUT2D eigenvalue weighted by molar-refractivity contribution is 0.408. The van der Waals surface area contributed by atoms with Crippen molar-refractivity contribution >= 4 is 0 Å². The van der Waals surface area contributed by atoms with E-state index in [9.17, 15) is 0 Å². The third-order valence-electron chi connectivity index (χ3n) is 4.33. The van der Waals surface area contributed by atoms with Crippen LogP contribution in [0.2, 0.25) is 0 Å². The number of rotatable bonds is 4. The third kappa shape index (κ3) is 2.37. The van der Waals surface area contributed by atoms with E-state index in [4.69, 9.17) is 5.84 Å². The Labute approximate surface area is 120 Å². The second-order valence-corrected chi connectivity index (χ2v) is 5.47. The van der Waals surface area contributed by atoms with E-state index in [1.54, 1.807) is 0 Å². The molecule has 0 radical (unpaired) electrons. The Morgan fingerprint density at radius 3 is 3.05 bits per heavy atom. The van der Waals surface area contributed by atoms with Crippen LogP contribution in [0.25, 0.3) is 0 Å². The number of benzene rings is 1. The van der Waals surface area contributed by atoms with Gasteiger partial charge in [-0.1, -0.05) is 24.3 Å². The fraction of sp³-hybridized carbons (Fsp3) is 0.438. The van der Waals surface area contributed by atoms with Crippen molar-refractivity contribution in [2.45, 2.75) is 44.7 Å². The number of fused-ring (bicyclic) bond motifs is 1. The first-order valence-corrected chi connectivity index (χ1v) is 7.39. The van der Waals surface area contributed by atoms with E-state index in [0.717, 1.165) is 6.54 Å². The van der Waals surface area contributed by atoms with E-state index in [-0.39, 0.29) is 6.04 Å². The summed E-state index contributed by atoms with van der Waals surface area (Å²) in [6.45, 7) is 2.98. The molecule has 0 spiro atoms. The Kier molecular flexibility index (Phi) is 3.85. The van der Waals surface area contributed by atoms with Crippen LogP contribution in [0.4, 0.5) is 0 Å². The van der Waals surface area contributed by atoms with Gasteiger partial charge >= 0.3 is 0 Å². The molecule has 2 atom stereocenters. The number of nitrogens with zero attached hydrogens (tertiary/aromatic N) is 2. The van der Waals surface area contributed by atoms with Gasteiger partial charge in [0.1, 0.15) is 0 Å². The van der Waals surface area contributed by atoms with Gasteiger partial charge in [0.15, 0.2) is 0 Å². The van der Waals surface area contributed by atoms with E-state index in [1.165, 1.54) is 36.0 Å². The van der Waals surface area contributed by atoms with Crippen molar-refractivity contribution in [2.24, 2.45) is 5.84 Å². The number of nitrogens with two attached hydrogens (primary N) is 1. The maximum absolute atomic E-state index is 5.86. The summed E-state index contributed by atoms with van der Waals surface area (Å²) in [6, 6.07) is 8.87. The summed E-state index contributed by atoms with van der Waals surface area (Å²) in [7, 11) is 0. The van der Waals surface area contributed by atoms with Crippen molar-refractivity contribution < 1.29 is 0 Å². The van der Waals surface area contributed by atoms with E-state index in [1.807, 2.05) is 10.9 Å². The van der Waals surface area contributed by atoms with Crippen LogP contribution in [-0.4, -0.2) is 9.78 Å². The Balaban J connectivity index is 1.94. The molecular weight excluding hydrogens is 248 g/mol. The van der Waals surface area contributed by atoms with Crippen LogP contribution in [0.1, 0.15) is 48.4 Å². The number of nitrogens with one attached hydrogen (secondary N) is 1. The molecule has 3 rings (SSSR count). The molecule has 1 aromatic heterocycles. The molecule has 0 saturated heterocycles. The molecule has 1 heterocycles. The Morgan fingerprint density at radius 2 is 2.30 bits per heavy atom. The largest absolute Gasteiger partial charge is 0.273 e. The molecule has 2 unspecified atom stereocenters. The first kappa shape index (κ1) is 13.3. The van der Waals surface area contributed by atoms with Crippen molar-refractivity contribution in [3.63, 3.8) is 0 Å². The summed E-state index contributed by atoms with van der Waals surface area (Å²) in [5.74, 6) is 6.29. The number of aryl methyl sites for hydroxylation is 2. The van der Waals surface area contributed by atoms with Crippen LogP contribution < -0.4 is 11.3 Å². The predicted octanol–water partition coefficient (Wildman–Crippen LogP) is 2.53. The maximum atomic E-state index is 5.86. The van der Waals surface area contributed by atoms with Gasteiger partial charge in [0, 0.05) is 24.2 Å². The quantitative estimate of drug-likeness (QED) is 0.663.